The Kier molecular flexibility index (Phi) is 6.73. The minimum Gasteiger partial charge on any atom is -0.330 e. The molecule has 0 atom stereocenters. The summed E-state index contributed by atoms with van der Waals surface area (Å²) in [5.74, 6) is -0.539. The lowest BCUT2D eigenvalue weighted by Gasteiger charge is -2.12. The fraction of sp³-hybridized carbons (Fsp3) is 0.429. The van der Waals surface area contributed by atoms with Gasteiger partial charge in [-0.05, 0) is 35.8 Å². The summed E-state index contributed by atoms with van der Waals surface area (Å²) in [6, 6.07) is 5.75. The van der Waals surface area contributed by atoms with Gasteiger partial charge in [-0.3, -0.25) is 9.59 Å². The third kappa shape index (κ3) is 5.34. The van der Waals surface area contributed by atoms with Gasteiger partial charge in [0.25, 0.3) is 11.8 Å². The number of hydroxylamine groups is 2. The first kappa shape index (κ1) is 16.8. The number of unbranched alkanes of at least 4 members (excludes halogenated alkanes) is 1. The van der Waals surface area contributed by atoms with Crippen LogP contribution in [-0.4, -0.2) is 33.6 Å². The van der Waals surface area contributed by atoms with Crippen molar-refractivity contribution >= 4 is 39.4 Å². The second-order valence-electron chi connectivity index (χ2n) is 4.58. The van der Waals surface area contributed by atoms with Gasteiger partial charge in [-0.1, -0.05) is 16.9 Å². The van der Waals surface area contributed by atoms with E-state index in [0.717, 1.165) is 17.2 Å². The Balaban J connectivity index is 1.54. The summed E-state index contributed by atoms with van der Waals surface area (Å²) in [5, 5.41) is 1.55. The number of amides is 2. The molecule has 1 saturated heterocycles. The molecule has 0 spiro atoms. The zero-order valence-corrected chi connectivity index (χ0v) is 13.5. The van der Waals surface area contributed by atoms with Crippen molar-refractivity contribution in [2.24, 2.45) is 0 Å². The van der Waals surface area contributed by atoms with Crippen LogP contribution in [0.1, 0.15) is 32.1 Å². The SMILES string of the molecule is O=C(CCCCSSc1ccccn1)ON1C(=O)CCC1=O. The van der Waals surface area contributed by atoms with Crippen molar-refractivity contribution in [3.63, 3.8) is 0 Å². The highest BCUT2D eigenvalue weighted by atomic mass is 33.1. The third-order valence-electron chi connectivity index (χ3n) is 2.84. The van der Waals surface area contributed by atoms with Gasteiger partial charge in [0.05, 0.1) is 0 Å². The van der Waals surface area contributed by atoms with Crippen molar-refractivity contribution in [2.75, 3.05) is 5.75 Å². The molecule has 1 aromatic rings. The Bertz CT molecular complexity index is 523. The van der Waals surface area contributed by atoms with Gasteiger partial charge in [0.15, 0.2) is 0 Å². The van der Waals surface area contributed by atoms with E-state index in [1.165, 1.54) is 0 Å². The Labute approximate surface area is 136 Å². The van der Waals surface area contributed by atoms with Crippen molar-refractivity contribution in [1.82, 2.24) is 10.0 Å². The molecule has 22 heavy (non-hydrogen) atoms. The molecule has 0 bridgehead atoms. The van der Waals surface area contributed by atoms with Gasteiger partial charge < -0.3 is 4.84 Å². The first-order valence-corrected chi connectivity index (χ1v) is 9.26. The van der Waals surface area contributed by atoms with Crippen LogP contribution < -0.4 is 0 Å². The van der Waals surface area contributed by atoms with Crippen molar-refractivity contribution in [3.8, 4) is 0 Å². The Morgan fingerprint density at radius 1 is 1.23 bits per heavy atom. The normalized spacial score (nSPS) is 14.5. The number of carbonyl (C=O) groups excluding carboxylic acids is 3. The van der Waals surface area contributed by atoms with Crippen molar-refractivity contribution in [3.05, 3.63) is 24.4 Å². The highest BCUT2D eigenvalue weighted by Gasteiger charge is 2.32. The summed E-state index contributed by atoms with van der Waals surface area (Å²) in [4.78, 5) is 43.1. The summed E-state index contributed by atoms with van der Waals surface area (Å²) < 4.78 is 0. The van der Waals surface area contributed by atoms with Crippen LogP contribution in [0.2, 0.25) is 0 Å². The minimum atomic E-state index is -0.536. The molecule has 2 rings (SSSR count). The van der Waals surface area contributed by atoms with Crippen LogP contribution in [0, 0.1) is 0 Å². The number of carbonyl (C=O) groups is 3. The van der Waals surface area contributed by atoms with Crippen LogP contribution >= 0.6 is 21.6 Å². The molecular weight excluding hydrogens is 324 g/mol. The third-order valence-corrected chi connectivity index (χ3v) is 5.19. The van der Waals surface area contributed by atoms with Crippen LogP contribution in [0.25, 0.3) is 0 Å². The fourth-order valence-electron chi connectivity index (χ4n) is 1.73. The number of aromatic nitrogens is 1. The predicted octanol–water partition coefficient (Wildman–Crippen LogP) is 2.60. The van der Waals surface area contributed by atoms with E-state index in [9.17, 15) is 14.4 Å². The molecule has 0 unspecified atom stereocenters. The first-order valence-electron chi connectivity index (χ1n) is 6.94. The maximum absolute atomic E-state index is 11.6. The average Bonchev–Trinajstić information content (AvgIpc) is 2.83. The standard InChI is InChI=1S/C14H16N2O4S2/c17-12-7-8-13(18)16(12)20-14(19)6-2-4-10-21-22-11-5-1-3-9-15-11/h1,3,5,9H,2,4,6-8,10H2. The van der Waals surface area contributed by atoms with Gasteiger partial charge >= 0.3 is 5.97 Å². The quantitative estimate of drug-likeness (QED) is 0.409. The highest BCUT2D eigenvalue weighted by molar-refractivity contribution is 8.76. The Morgan fingerprint density at radius 3 is 2.68 bits per heavy atom. The van der Waals surface area contributed by atoms with Gasteiger partial charge in [-0.15, -0.1) is 5.06 Å². The van der Waals surface area contributed by atoms with Crippen LogP contribution in [-0.2, 0) is 19.2 Å². The van der Waals surface area contributed by atoms with E-state index >= 15 is 0 Å². The summed E-state index contributed by atoms with van der Waals surface area (Å²) in [6.07, 6.45) is 3.69. The number of nitrogens with zero attached hydrogens (tertiary/aromatic N) is 2. The summed E-state index contributed by atoms with van der Waals surface area (Å²) in [6.45, 7) is 0. The van der Waals surface area contributed by atoms with E-state index in [-0.39, 0.29) is 19.3 Å². The molecule has 8 heteroatoms. The number of hydrogen-bond acceptors (Lipinski definition) is 7. The van der Waals surface area contributed by atoms with E-state index in [4.69, 9.17) is 4.84 Å². The van der Waals surface area contributed by atoms with Crippen LogP contribution in [0.15, 0.2) is 29.4 Å². The molecule has 1 aliphatic heterocycles. The largest absolute Gasteiger partial charge is 0.333 e. The Hall–Kier alpha value is -1.54. The monoisotopic (exact) mass is 340 g/mol. The van der Waals surface area contributed by atoms with Gasteiger partial charge in [0.1, 0.15) is 5.03 Å². The molecule has 0 aliphatic carbocycles. The van der Waals surface area contributed by atoms with E-state index in [0.29, 0.717) is 11.5 Å². The van der Waals surface area contributed by atoms with Crippen molar-refractivity contribution in [2.45, 2.75) is 37.1 Å². The minimum absolute atomic E-state index is 0.119. The second kappa shape index (κ2) is 8.79. The highest BCUT2D eigenvalue weighted by Crippen LogP contribution is 2.29. The Morgan fingerprint density at radius 2 is 2.00 bits per heavy atom. The molecule has 0 N–H and O–H groups in total. The zero-order valence-electron chi connectivity index (χ0n) is 11.9. The van der Waals surface area contributed by atoms with E-state index in [1.807, 2.05) is 18.2 Å². The van der Waals surface area contributed by atoms with Crippen molar-refractivity contribution in [1.29, 1.82) is 0 Å². The fourth-order valence-corrected chi connectivity index (χ4v) is 3.76. The predicted molar refractivity (Wildman–Crippen MR) is 83.6 cm³/mol. The van der Waals surface area contributed by atoms with Crippen LogP contribution in [0.3, 0.4) is 0 Å². The molecule has 1 aromatic heterocycles. The van der Waals surface area contributed by atoms with E-state index in [2.05, 4.69) is 4.98 Å². The van der Waals surface area contributed by atoms with Gasteiger partial charge in [-0.2, -0.15) is 0 Å². The lowest BCUT2D eigenvalue weighted by atomic mass is 10.2. The second-order valence-corrected chi connectivity index (χ2v) is 7.01. The smallest absolute Gasteiger partial charge is 0.330 e. The molecule has 0 aromatic carbocycles. The summed E-state index contributed by atoms with van der Waals surface area (Å²) >= 11 is 0. The topological polar surface area (TPSA) is 76.6 Å². The van der Waals surface area contributed by atoms with Crippen LogP contribution in [0.4, 0.5) is 0 Å². The average molecular weight is 340 g/mol. The van der Waals surface area contributed by atoms with Gasteiger partial charge in [0, 0.05) is 31.2 Å². The molecule has 1 aliphatic rings. The number of hydrogen-bond donors (Lipinski definition) is 0. The molecular formula is C14H16N2O4S2. The maximum Gasteiger partial charge on any atom is 0.333 e. The van der Waals surface area contributed by atoms with E-state index in [1.54, 1.807) is 27.8 Å². The molecule has 2 amide bonds. The number of rotatable bonds is 8. The number of imide groups is 1. The van der Waals surface area contributed by atoms with Crippen LogP contribution in [0.5, 0.6) is 0 Å². The summed E-state index contributed by atoms with van der Waals surface area (Å²) in [5.41, 5.74) is 0. The van der Waals surface area contributed by atoms with Gasteiger partial charge in [-0.25, -0.2) is 9.78 Å². The lowest BCUT2D eigenvalue weighted by Crippen LogP contribution is -2.31. The molecule has 0 radical (unpaired) electrons. The first-order chi connectivity index (χ1) is 10.7. The van der Waals surface area contributed by atoms with Crippen molar-refractivity contribution < 1.29 is 19.2 Å². The molecule has 118 valence electrons. The summed E-state index contributed by atoms with van der Waals surface area (Å²) in [7, 11) is 3.27. The molecule has 1 fully saturated rings. The zero-order chi connectivity index (χ0) is 15.8. The van der Waals surface area contributed by atoms with Gasteiger partial charge in [0.2, 0.25) is 0 Å². The molecule has 6 nitrogen and oxygen atoms in total. The lowest BCUT2D eigenvalue weighted by molar-refractivity contribution is -0.197. The molecule has 0 saturated carbocycles. The number of pyridine rings is 1. The van der Waals surface area contributed by atoms with E-state index < -0.39 is 17.8 Å². The molecule has 2 heterocycles. The maximum atomic E-state index is 11.6.